The molecule has 0 bridgehead atoms. The van der Waals surface area contributed by atoms with E-state index in [2.05, 4.69) is 116 Å². The molecule has 0 aliphatic carbocycles. The van der Waals surface area contributed by atoms with Crippen LogP contribution in [0, 0.1) is 0 Å². The Bertz CT molecular complexity index is 1690. The Morgan fingerprint density at radius 3 is 1.76 bits per heavy atom. The Labute approximate surface area is 296 Å². The van der Waals surface area contributed by atoms with Crippen LogP contribution in [-0.4, -0.2) is 40.3 Å². The second kappa shape index (κ2) is 15.6. The van der Waals surface area contributed by atoms with E-state index in [1.54, 1.807) is 18.4 Å². The van der Waals surface area contributed by atoms with E-state index in [0.29, 0.717) is 19.6 Å². The average molecular weight is 695 g/mol. The Hall–Kier alpha value is -3.47. The molecule has 6 rings (SSSR count). The molecule has 8 heteroatoms. The molecule has 1 aliphatic heterocycles. The molecule has 6 nitrogen and oxygen atoms in total. The van der Waals surface area contributed by atoms with E-state index in [9.17, 15) is 0 Å². The molecular weight excluding hydrogens is 647 g/mol. The number of methoxy groups -OCH3 is 1. The second-order valence-electron chi connectivity index (χ2n) is 13.7. The first-order chi connectivity index (χ1) is 23.8. The number of rotatable bonds is 13. The minimum absolute atomic E-state index is 0.202. The van der Waals surface area contributed by atoms with Gasteiger partial charge in [-0.05, 0) is 26.5 Å². The van der Waals surface area contributed by atoms with Crippen molar-refractivity contribution < 1.29 is 27.9 Å². The second-order valence-corrected chi connectivity index (χ2v) is 18.9. The van der Waals surface area contributed by atoms with Crippen LogP contribution in [0.15, 0.2) is 133 Å². The fraction of sp³-hybridized carbons (Fsp3) is 0.341. The van der Waals surface area contributed by atoms with Crippen molar-refractivity contribution in [3.05, 3.63) is 149 Å². The summed E-state index contributed by atoms with van der Waals surface area (Å²) in [6, 6.07) is 42.0. The third-order valence-corrected chi connectivity index (χ3v) is 15.5. The molecular formula is C41H48NO5SSi+. The first-order valence-corrected chi connectivity index (χ1v) is 19.8. The zero-order valence-corrected chi connectivity index (χ0v) is 31.0. The molecule has 0 saturated carbocycles. The Morgan fingerprint density at radius 2 is 1.29 bits per heavy atom. The van der Waals surface area contributed by atoms with E-state index in [4.69, 9.17) is 23.4 Å². The van der Waals surface area contributed by atoms with Crippen LogP contribution >= 0.6 is 11.3 Å². The van der Waals surface area contributed by atoms with Crippen molar-refractivity contribution in [1.29, 1.82) is 0 Å². The predicted molar refractivity (Wildman–Crippen MR) is 197 cm³/mol. The summed E-state index contributed by atoms with van der Waals surface area (Å²) in [5.74, 6) is -1.06. The molecule has 4 atom stereocenters. The fourth-order valence-corrected chi connectivity index (χ4v) is 12.6. The third kappa shape index (κ3) is 7.66. The smallest absolute Gasteiger partial charge is 0.297 e. The molecule has 1 saturated heterocycles. The number of ether oxygens (including phenoxy) is 4. The van der Waals surface area contributed by atoms with Crippen LogP contribution in [-0.2, 0) is 49.4 Å². The monoisotopic (exact) mass is 694 g/mol. The number of hydrogen-bond donors (Lipinski definition) is 0. The molecule has 1 aromatic heterocycles. The van der Waals surface area contributed by atoms with Crippen molar-refractivity contribution in [1.82, 2.24) is 0 Å². The van der Waals surface area contributed by atoms with Gasteiger partial charge in [0.25, 0.3) is 19.1 Å². The van der Waals surface area contributed by atoms with Gasteiger partial charge in [0.2, 0.25) is 0 Å². The lowest BCUT2D eigenvalue weighted by atomic mass is 9.95. The summed E-state index contributed by atoms with van der Waals surface area (Å²) in [6.45, 7) is 8.03. The number of hydrogen-bond acceptors (Lipinski definition) is 6. The van der Waals surface area contributed by atoms with Crippen molar-refractivity contribution in [2.24, 2.45) is 7.05 Å². The molecule has 1 unspecified atom stereocenters. The highest BCUT2D eigenvalue weighted by Crippen LogP contribution is 2.43. The normalized spacial score (nSPS) is 21.4. The Balaban J connectivity index is 1.42. The third-order valence-electron chi connectivity index (χ3n) is 9.46. The van der Waals surface area contributed by atoms with Gasteiger partial charge in [0, 0.05) is 13.5 Å². The summed E-state index contributed by atoms with van der Waals surface area (Å²) < 4.78 is 36.8. The highest BCUT2D eigenvalue weighted by atomic mass is 32.1. The van der Waals surface area contributed by atoms with Crippen LogP contribution in [0.3, 0.4) is 0 Å². The summed E-state index contributed by atoms with van der Waals surface area (Å²) in [5, 5.41) is 5.24. The quantitative estimate of drug-likeness (QED) is 0.0991. The Morgan fingerprint density at radius 1 is 0.776 bits per heavy atom. The van der Waals surface area contributed by atoms with Gasteiger partial charge in [-0.25, -0.2) is 0 Å². The van der Waals surface area contributed by atoms with Gasteiger partial charge in [0.05, 0.1) is 31.3 Å². The van der Waals surface area contributed by atoms with E-state index in [0.717, 1.165) is 16.1 Å². The van der Waals surface area contributed by atoms with E-state index < -0.39 is 26.3 Å². The maximum atomic E-state index is 7.50. The molecule has 1 fully saturated rings. The summed E-state index contributed by atoms with van der Waals surface area (Å²) in [4.78, 5) is 0. The van der Waals surface area contributed by atoms with Gasteiger partial charge in [0.15, 0.2) is 6.20 Å². The topological polar surface area (TPSA) is 50.0 Å². The van der Waals surface area contributed by atoms with Gasteiger partial charge in [0.1, 0.15) is 19.3 Å². The maximum Gasteiger partial charge on any atom is 0.297 e. The highest BCUT2D eigenvalue weighted by Gasteiger charge is 2.56. The van der Waals surface area contributed by atoms with E-state index in [1.807, 2.05) is 49.6 Å². The van der Waals surface area contributed by atoms with E-state index >= 15 is 0 Å². The van der Waals surface area contributed by atoms with Crippen LogP contribution < -0.4 is 14.9 Å². The minimum Gasteiger partial charge on any atom is -0.405 e. The predicted octanol–water partition coefficient (Wildman–Crippen LogP) is 6.91. The van der Waals surface area contributed by atoms with Gasteiger partial charge in [-0.2, -0.15) is 4.57 Å². The standard InChI is InChI=1S/C41H48NO5SSi/c1-40(2,3)49(34-22-14-8-15-23-34,35-24-16-9-17-25-35)46-31-37-38(45-30-33-20-12-7-13-21-33)36(44-29-32-18-10-6-11-19-32)28-41(43-5,47-37)39-42(4)26-27-48-39/h6-27,36-38H,28-31H2,1-5H3/q+1/t36-,37-,38+,41?/m1/s1. The molecule has 256 valence electrons. The van der Waals surface area contributed by atoms with Gasteiger partial charge in [-0.3, -0.25) is 0 Å². The molecule has 5 aromatic rings. The van der Waals surface area contributed by atoms with Crippen molar-refractivity contribution in [3.8, 4) is 0 Å². The van der Waals surface area contributed by atoms with Crippen LogP contribution in [0.25, 0.3) is 0 Å². The number of benzene rings is 4. The van der Waals surface area contributed by atoms with Gasteiger partial charge in [-0.15, -0.1) is 0 Å². The minimum atomic E-state index is -2.90. The van der Waals surface area contributed by atoms with E-state index in [-0.39, 0.29) is 17.7 Å². The number of nitrogens with zero attached hydrogens (tertiary/aromatic N) is 1. The van der Waals surface area contributed by atoms with Crippen LogP contribution in [0.5, 0.6) is 0 Å². The van der Waals surface area contributed by atoms with Crippen molar-refractivity contribution in [3.63, 3.8) is 0 Å². The molecule has 0 N–H and O–H groups in total. The lowest BCUT2D eigenvalue weighted by molar-refractivity contribution is -0.687. The summed E-state index contributed by atoms with van der Waals surface area (Å²) in [6.07, 6.45) is 1.19. The van der Waals surface area contributed by atoms with Crippen molar-refractivity contribution in [2.75, 3.05) is 13.7 Å². The summed E-state index contributed by atoms with van der Waals surface area (Å²) in [7, 11) is 0.854. The highest BCUT2D eigenvalue weighted by molar-refractivity contribution is 7.09. The lowest BCUT2D eigenvalue weighted by Gasteiger charge is -2.48. The molecule has 2 heterocycles. The maximum absolute atomic E-state index is 7.50. The van der Waals surface area contributed by atoms with Crippen LogP contribution in [0.4, 0.5) is 0 Å². The first-order valence-electron chi connectivity index (χ1n) is 17.0. The fourth-order valence-electron chi connectivity index (χ4n) is 7.04. The van der Waals surface area contributed by atoms with Gasteiger partial charge < -0.3 is 23.4 Å². The van der Waals surface area contributed by atoms with E-state index in [1.165, 1.54) is 10.4 Å². The van der Waals surface area contributed by atoms with Crippen molar-refractivity contribution >= 4 is 30.0 Å². The van der Waals surface area contributed by atoms with Gasteiger partial charge >= 0.3 is 0 Å². The van der Waals surface area contributed by atoms with Crippen molar-refractivity contribution in [2.45, 2.75) is 69.5 Å². The SMILES string of the molecule is COC1(c2scc[n+]2C)C[C@@H](OCc2ccccc2)[C@H](OCc2ccccc2)[C@@H](CO[Si](c2ccccc2)(c2ccccc2)C(C)(C)C)O1. The molecule has 49 heavy (non-hydrogen) atoms. The first kappa shape index (κ1) is 35.4. The molecule has 4 aromatic carbocycles. The molecule has 0 spiro atoms. The van der Waals surface area contributed by atoms with Gasteiger partial charge in [-0.1, -0.05) is 153 Å². The number of thiazole rings is 1. The molecule has 0 radical (unpaired) electrons. The molecule has 1 aliphatic rings. The number of aromatic nitrogens is 1. The summed E-state index contributed by atoms with van der Waals surface area (Å²) in [5.41, 5.74) is 2.19. The summed E-state index contributed by atoms with van der Waals surface area (Å²) >= 11 is 1.62. The van der Waals surface area contributed by atoms with Crippen LogP contribution in [0.2, 0.25) is 5.04 Å². The Kier molecular flexibility index (Phi) is 11.3. The number of aryl methyl sites for hydroxylation is 1. The lowest BCUT2D eigenvalue weighted by Crippen LogP contribution is -2.68. The molecule has 0 amide bonds. The zero-order chi connectivity index (χ0) is 34.3. The zero-order valence-electron chi connectivity index (χ0n) is 29.2. The average Bonchev–Trinajstić information content (AvgIpc) is 3.58. The largest absolute Gasteiger partial charge is 0.405 e. The van der Waals surface area contributed by atoms with Crippen LogP contribution in [0.1, 0.15) is 43.3 Å².